The van der Waals surface area contributed by atoms with Crippen LogP contribution < -0.4 is 5.32 Å². The van der Waals surface area contributed by atoms with Crippen LogP contribution in [0.15, 0.2) is 6.07 Å². The molecule has 0 bridgehead atoms. The van der Waals surface area contributed by atoms with Gasteiger partial charge in [0.15, 0.2) is 0 Å². The van der Waals surface area contributed by atoms with Crippen LogP contribution in [-0.4, -0.2) is 26.4 Å². The molecule has 19 heavy (non-hydrogen) atoms. The first-order chi connectivity index (χ1) is 9.26. The highest BCUT2D eigenvalue weighted by molar-refractivity contribution is 7.14. The van der Waals surface area contributed by atoms with Crippen molar-refractivity contribution in [2.24, 2.45) is 0 Å². The van der Waals surface area contributed by atoms with Gasteiger partial charge in [-0.25, -0.2) is 0 Å². The molecule has 1 aliphatic rings. The number of aryl methyl sites for hydroxylation is 2. The van der Waals surface area contributed by atoms with Gasteiger partial charge in [0.1, 0.15) is 10.0 Å². The zero-order chi connectivity index (χ0) is 13.2. The second-order valence-corrected chi connectivity index (χ2v) is 5.92. The molecule has 100 valence electrons. The van der Waals surface area contributed by atoms with E-state index in [0.717, 1.165) is 39.9 Å². The standard InChI is InChI=1S/C13H17N5S/c1-3-11-10(6-8(2)15-16-11)13-18-17-12(19-13)7-14-9-4-5-9/h6,9,14H,3-5,7H2,1-2H3. The molecule has 6 heteroatoms. The Bertz CT molecular complexity index is 576. The summed E-state index contributed by atoms with van der Waals surface area (Å²) >= 11 is 1.64. The molecule has 2 aromatic rings. The van der Waals surface area contributed by atoms with E-state index < -0.39 is 0 Å². The van der Waals surface area contributed by atoms with Crippen LogP contribution in [0.2, 0.25) is 0 Å². The van der Waals surface area contributed by atoms with Crippen LogP contribution in [0, 0.1) is 6.92 Å². The van der Waals surface area contributed by atoms with Gasteiger partial charge in [-0.05, 0) is 32.3 Å². The highest BCUT2D eigenvalue weighted by Crippen LogP contribution is 2.27. The second kappa shape index (κ2) is 5.30. The van der Waals surface area contributed by atoms with Crippen molar-refractivity contribution in [1.29, 1.82) is 0 Å². The Balaban J connectivity index is 1.82. The maximum absolute atomic E-state index is 4.30. The first-order valence-corrected chi connectivity index (χ1v) is 7.47. The highest BCUT2D eigenvalue weighted by Gasteiger charge is 2.21. The third kappa shape index (κ3) is 2.96. The van der Waals surface area contributed by atoms with Gasteiger partial charge >= 0.3 is 0 Å². The maximum Gasteiger partial charge on any atom is 0.149 e. The lowest BCUT2D eigenvalue weighted by Crippen LogP contribution is -2.14. The first-order valence-electron chi connectivity index (χ1n) is 6.65. The van der Waals surface area contributed by atoms with E-state index >= 15 is 0 Å². The van der Waals surface area contributed by atoms with Crippen molar-refractivity contribution in [1.82, 2.24) is 25.7 Å². The molecule has 0 spiro atoms. The van der Waals surface area contributed by atoms with Gasteiger partial charge in [-0.15, -0.1) is 10.2 Å². The Labute approximate surface area is 116 Å². The third-order valence-electron chi connectivity index (χ3n) is 3.14. The number of nitrogens with zero attached hydrogens (tertiary/aromatic N) is 4. The molecule has 0 saturated heterocycles. The molecule has 5 nitrogen and oxygen atoms in total. The fourth-order valence-electron chi connectivity index (χ4n) is 1.91. The van der Waals surface area contributed by atoms with Crippen LogP contribution >= 0.6 is 11.3 Å². The lowest BCUT2D eigenvalue weighted by atomic mass is 10.1. The molecule has 0 atom stereocenters. The van der Waals surface area contributed by atoms with E-state index in [1.807, 2.05) is 13.0 Å². The van der Waals surface area contributed by atoms with Crippen molar-refractivity contribution >= 4 is 11.3 Å². The average Bonchev–Trinajstić information content (AvgIpc) is 3.13. The van der Waals surface area contributed by atoms with E-state index in [1.165, 1.54) is 12.8 Å². The molecule has 0 unspecified atom stereocenters. The summed E-state index contributed by atoms with van der Waals surface area (Å²) < 4.78 is 0. The summed E-state index contributed by atoms with van der Waals surface area (Å²) in [7, 11) is 0. The lowest BCUT2D eigenvalue weighted by molar-refractivity contribution is 0.679. The van der Waals surface area contributed by atoms with Crippen molar-refractivity contribution in [2.45, 2.75) is 45.7 Å². The normalized spacial score (nSPS) is 14.8. The Morgan fingerprint density at radius 1 is 1.26 bits per heavy atom. The largest absolute Gasteiger partial charge is 0.308 e. The number of aromatic nitrogens is 4. The molecule has 0 aromatic carbocycles. The van der Waals surface area contributed by atoms with E-state index in [9.17, 15) is 0 Å². The summed E-state index contributed by atoms with van der Waals surface area (Å²) in [4.78, 5) is 0. The molecule has 1 saturated carbocycles. The summed E-state index contributed by atoms with van der Waals surface area (Å²) in [6.45, 7) is 4.85. The van der Waals surface area contributed by atoms with Gasteiger partial charge in [0.25, 0.3) is 0 Å². The van der Waals surface area contributed by atoms with Crippen molar-refractivity contribution < 1.29 is 0 Å². The van der Waals surface area contributed by atoms with Crippen LogP contribution in [0.3, 0.4) is 0 Å². The van der Waals surface area contributed by atoms with Gasteiger partial charge in [0.05, 0.1) is 11.4 Å². The fraction of sp³-hybridized carbons (Fsp3) is 0.538. The Morgan fingerprint density at radius 2 is 2.11 bits per heavy atom. The molecule has 0 radical (unpaired) electrons. The molecule has 1 N–H and O–H groups in total. The van der Waals surface area contributed by atoms with E-state index in [-0.39, 0.29) is 0 Å². The van der Waals surface area contributed by atoms with Crippen molar-refractivity contribution in [3.8, 4) is 10.6 Å². The van der Waals surface area contributed by atoms with Gasteiger partial charge in [-0.1, -0.05) is 18.3 Å². The van der Waals surface area contributed by atoms with Crippen LogP contribution in [0.5, 0.6) is 0 Å². The van der Waals surface area contributed by atoms with Gasteiger partial charge in [-0.3, -0.25) is 0 Å². The highest BCUT2D eigenvalue weighted by atomic mass is 32.1. The van der Waals surface area contributed by atoms with Crippen LogP contribution in [-0.2, 0) is 13.0 Å². The van der Waals surface area contributed by atoms with E-state index in [4.69, 9.17) is 0 Å². The van der Waals surface area contributed by atoms with Crippen molar-refractivity contribution in [3.05, 3.63) is 22.5 Å². The smallest absolute Gasteiger partial charge is 0.149 e. The molecule has 0 aliphatic heterocycles. The maximum atomic E-state index is 4.30. The van der Waals surface area contributed by atoms with E-state index in [2.05, 4.69) is 32.6 Å². The molecule has 0 amide bonds. The number of rotatable bonds is 5. The summed E-state index contributed by atoms with van der Waals surface area (Å²) in [6.07, 6.45) is 3.44. The SMILES string of the molecule is CCc1nnc(C)cc1-c1nnc(CNC2CC2)s1. The van der Waals surface area contributed by atoms with Crippen molar-refractivity contribution in [2.75, 3.05) is 0 Å². The Kier molecular flexibility index (Phi) is 3.52. The minimum absolute atomic E-state index is 0.698. The summed E-state index contributed by atoms with van der Waals surface area (Å²) in [5, 5.41) is 22.3. The van der Waals surface area contributed by atoms with Crippen LogP contribution in [0.1, 0.15) is 36.2 Å². The van der Waals surface area contributed by atoms with Crippen LogP contribution in [0.25, 0.3) is 10.6 Å². The topological polar surface area (TPSA) is 63.6 Å². The number of nitrogens with one attached hydrogen (secondary N) is 1. The third-order valence-corrected chi connectivity index (χ3v) is 4.10. The minimum atomic E-state index is 0.698. The zero-order valence-corrected chi connectivity index (χ0v) is 12.0. The first kappa shape index (κ1) is 12.6. The molecule has 2 heterocycles. The van der Waals surface area contributed by atoms with Crippen molar-refractivity contribution in [3.63, 3.8) is 0 Å². The summed E-state index contributed by atoms with van der Waals surface area (Å²) in [5.74, 6) is 0. The number of hydrogen-bond donors (Lipinski definition) is 1. The summed E-state index contributed by atoms with van der Waals surface area (Å²) in [6, 6.07) is 2.74. The summed E-state index contributed by atoms with van der Waals surface area (Å²) in [5.41, 5.74) is 2.98. The monoisotopic (exact) mass is 275 g/mol. The molecule has 1 fully saturated rings. The Morgan fingerprint density at radius 3 is 2.84 bits per heavy atom. The minimum Gasteiger partial charge on any atom is -0.308 e. The second-order valence-electron chi connectivity index (χ2n) is 4.86. The van der Waals surface area contributed by atoms with E-state index in [1.54, 1.807) is 11.3 Å². The molecule has 2 aromatic heterocycles. The zero-order valence-electron chi connectivity index (χ0n) is 11.2. The lowest BCUT2D eigenvalue weighted by Gasteiger charge is -2.02. The molecule has 1 aliphatic carbocycles. The van der Waals surface area contributed by atoms with Gasteiger partial charge in [0, 0.05) is 18.2 Å². The fourth-order valence-corrected chi connectivity index (χ4v) is 2.74. The number of hydrogen-bond acceptors (Lipinski definition) is 6. The molecular formula is C13H17N5S. The van der Waals surface area contributed by atoms with E-state index in [0.29, 0.717) is 6.04 Å². The average molecular weight is 275 g/mol. The predicted molar refractivity (Wildman–Crippen MR) is 74.9 cm³/mol. The van der Waals surface area contributed by atoms with Gasteiger partial charge in [0.2, 0.25) is 0 Å². The quantitative estimate of drug-likeness (QED) is 0.905. The Hall–Kier alpha value is -1.40. The predicted octanol–water partition coefficient (Wildman–Crippen LogP) is 2.12. The van der Waals surface area contributed by atoms with Gasteiger partial charge < -0.3 is 5.32 Å². The molecule has 3 rings (SSSR count). The van der Waals surface area contributed by atoms with Gasteiger partial charge in [-0.2, -0.15) is 10.2 Å². The molecular weight excluding hydrogens is 258 g/mol. The van der Waals surface area contributed by atoms with Crippen LogP contribution in [0.4, 0.5) is 0 Å².